The van der Waals surface area contributed by atoms with E-state index < -0.39 is 36.8 Å². The first-order valence-corrected chi connectivity index (χ1v) is 9.38. The number of ketones is 1. The van der Waals surface area contributed by atoms with Crippen LogP contribution in [0.5, 0.6) is 5.75 Å². The van der Waals surface area contributed by atoms with E-state index in [-0.39, 0.29) is 24.4 Å². The summed E-state index contributed by atoms with van der Waals surface area (Å²) < 4.78 is 9.70. The first-order chi connectivity index (χ1) is 14.8. The van der Waals surface area contributed by atoms with Gasteiger partial charge in [0.1, 0.15) is 12.3 Å². The fourth-order valence-electron chi connectivity index (χ4n) is 2.41. The van der Waals surface area contributed by atoms with Gasteiger partial charge in [0.15, 0.2) is 12.4 Å². The van der Waals surface area contributed by atoms with Gasteiger partial charge in [-0.3, -0.25) is 24.0 Å². The molecule has 0 aliphatic carbocycles. The summed E-state index contributed by atoms with van der Waals surface area (Å²) in [6, 6.07) is 14.8. The third-order valence-electron chi connectivity index (χ3n) is 3.89. The zero-order valence-electron chi connectivity index (χ0n) is 16.9. The molecule has 0 bridgehead atoms. The van der Waals surface area contributed by atoms with Crippen LogP contribution in [0.1, 0.15) is 22.8 Å². The Morgan fingerprint density at radius 3 is 2.10 bits per heavy atom. The van der Waals surface area contributed by atoms with E-state index in [1.807, 2.05) is 18.2 Å². The van der Waals surface area contributed by atoms with E-state index in [2.05, 4.69) is 10.6 Å². The molecule has 2 aromatic carbocycles. The first kappa shape index (κ1) is 23.3. The first-order valence-electron chi connectivity index (χ1n) is 9.38. The average molecular weight is 426 g/mol. The zero-order valence-corrected chi connectivity index (χ0v) is 16.9. The maximum Gasteiger partial charge on any atom is 0.325 e. The van der Waals surface area contributed by atoms with E-state index in [9.17, 15) is 24.0 Å². The molecular weight excluding hydrogens is 404 g/mol. The zero-order chi connectivity index (χ0) is 22.6. The number of rotatable bonds is 10. The molecule has 0 atom stereocenters. The van der Waals surface area contributed by atoms with E-state index in [4.69, 9.17) is 9.47 Å². The summed E-state index contributed by atoms with van der Waals surface area (Å²) in [4.78, 5) is 58.1. The van der Waals surface area contributed by atoms with Crippen molar-refractivity contribution in [1.82, 2.24) is 10.6 Å². The highest BCUT2D eigenvalue weighted by Crippen LogP contribution is 2.13. The van der Waals surface area contributed by atoms with Crippen molar-refractivity contribution in [3.8, 4) is 5.75 Å². The lowest BCUT2D eigenvalue weighted by Crippen LogP contribution is -2.40. The highest BCUT2D eigenvalue weighted by atomic mass is 16.5. The predicted molar refractivity (Wildman–Crippen MR) is 109 cm³/mol. The number of ether oxygens (including phenoxy) is 2. The molecule has 0 saturated heterocycles. The molecule has 0 heterocycles. The Kier molecular flexibility index (Phi) is 8.90. The molecule has 2 N–H and O–H groups in total. The molecule has 162 valence electrons. The van der Waals surface area contributed by atoms with Crippen molar-refractivity contribution in [3.63, 3.8) is 0 Å². The second-order valence-corrected chi connectivity index (χ2v) is 6.42. The van der Waals surface area contributed by atoms with Crippen molar-refractivity contribution < 1.29 is 33.4 Å². The van der Waals surface area contributed by atoms with Crippen molar-refractivity contribution in [2.45, 2.75) is 13.3 Å². The van der Waals surface area contributed by atoms with Crippen LogP contribution in [0.15, 0.2) is 54.6 Å². The minimum absolute atomic E-state index is 0.139. The Labute approximate surface area is 178 Å². The Morgan fingerprint density at radius 1 is 0.806 bits per heavy atom. The summed E-state index contributed by atoms with van der Waals surface area (Å²) in [5.74, 6) is -2.33. The molecule has 0 aliphatic rings. The van der Waals surface area contributed by atoms with Crippen LogP contribution in [-0.4, -0.2) is 49.2 Å². The van der Waals surface area contributed by atoms with Crippen LogP contribution in [-0.2, 0) is 30.3 Å². The van der Waals surface area contributed by atoms with Gasteiger partial charge >= 0.3 is 11.9 Å². The van der Waals surface area contributed by atoms with Crippen molar-refractivity contribution in [1.29, 1.82) is 0 Å². The monoisotopic (exact) mass is 426 g/mol. The van der Waals surface area contributed by atoms with Gasteiger partial charge in [0.2, 0.25) is 11.8 Å². The minimum Gasteiger partial charge on any atom is -0.456 e. The van der Waals surface area contributed by atoms with Crippen molar-refractivity contribution >= 4 is 29.5 Å². The lowest BCUT2D eigenvalue weighted by Gasteiger charge is -2.08. The minimum atomic E-state index is -0.797. The second kappa shape index (κ2) is 11.9. The summed E-state index contributed by atoms with van der Waals surface area (Å²) >= 11 is 0. The predicted octanol–water partition coefficient (Wildman–Crippen LogP) is 0.813. The number of Topliss-reactive ketones (excluding diaryl/α,β-unsaturated/α-hetero) is 1. The molecule has 0 unspecified atom stereocenters. The smallest absolute Gasteiger partial charge is 0.325 e. The van der Waals surface area contributed by atoms with Crippen molar-refractivity contribution in [2.75, 3.05) is 19.7 Å². The highest BCUT2D eigenvalue weighted by molar-refractivity contribution is 5.98. The average Bonchev–Trinajstić information content (AvgIpc) is 2.75. The van der Waals surface area contributed by atoms with Gasteiger partial charge < -0.3 is 20.1 Å². The standard InChI is InChI=1S/C22H22N2O7/c1-15(25)31-18-9-7-17(8-10-18)19(26)14-30-22(29)13-24-21(28)12-23-20(27)11-16-5-3-2-4-6-16/h2-10H,11-14H2,1H3,(H,23,27)(H,24,28). The third kappa shape index (κ3) is 8.90. The third-order valence-corrected chi connectivity index (χ3v) is 3.89. The molecule has 31 heavy (non-hydrogen) atoms. The van der Waals surface area contributed by atoms with Gasteiger partial charge in [-0.2, -0.15) is 0 Å². The van der Waals surface area contributed by atoms with Gasteiger partial charge in [-0.05, 0) is 29.8 Å². The fraction of sp³-hybridized carbons (Fsp3) is 0.227. The molecule has 0 aliphatic heterocycles. The second-order valence-electron chi connectivity index (χ2n) is 6.42. The van der Waals surface area contributed by atoms with E-state index in [1.54, 1.807) is 12.1 Å². The Morgan fingerprint density at radius 2 is 1.45 bits per heavy atom. The van der Waals surface area contributed by atoms with E-state index in [0.717, 1.165) is 5.56 Å². The van der Waals surface area contributed by atoms with Gasteiger partial charge in [0.05, 0.1) is 13.0 Å². The molecule has 9 nitrogen and oxygen atoms in total. The van der Waals surface area contributed by atoms with E-state index in [0.29, 0.717) is 5.75 Å². The van der Waals surface area contributed by atoms with Crippen LogP contribution in [0.3, 0.4) is 0 Å². The summed E-state index contributed by atoms with van der Waals surface area (Å²) in [6.45, 7) is 0.0318. The molecule has 0 spiro atoms. The highest BCUT2D eigenvalue weighted by Gasteiger charge is 2.12. The van der Waals surface area contributed by atoms with Crippen LogP contribution in [0.2, 0.25) is 0 Å². The number of amides is 2. The normalized spacial score (nSPS) is 9.97. The Bertz CT molecular complexity index is 940. The van der Waals surface area contributed by atoms with Crippen LogP contribution in [0.25, 0.3) is 0 Å². The molecule has 0 fully saturated rings. The number of nitrogens with one attached hydrogen (secondary N) is 2. The van der Waals surface area contributed by atoms with Gasteiger partial charge in [-0.25, -0.2) is 0 Å². The van der Waals surface area contributed by atoms with Crippen LogP contribution in [0.4, 0.5) is 0 Å². The molecule has 9 heteroatoms. The summed E-state index contributed by atoms with van der Waals surface area (Å²) in [5.41, 5.74) is 1.09. The van der Waals surface area contributed by atoms with Crippen LogP contribution < -0.4 is 15.4 Å². The van der Waals surface area contributed by atoms with Crippen LogP contribution in [0, 0.1) is 0 Å². The number of hydrogen-bond donors (Lipinski definition) is 2. The Hall–Kier alpha value is -4.01. The number of carbonyl (C=O) groups is 5. The molecule has 2 aromatic rings. The number of esters is 2. The van der Waals surface area contributed by atoms with Gasteiger partial charge in [-0.1, -0.05) is 30.3 Å². The van der Waals surface area contributed by atoms with E-state index >= 15 is 0 Å². The molecule has 0 radical (unpaired) electrons. The number of carbonyl (C=O) groups excluding carboxylic acids is 5. The number of hydrogen-bond acceptors (Lipinski definition) is 7. The quantitative estimate of drug-likeness (QED) is 0.327. The molecule has 2 rings (SSSR count). The summed E-state index contributed by atoms with van der Waals surface area (Å²) in [6.07, 6.45) is 0.139. The SMILES string of the molecule is CC(=O)Oc1ccc(C(=O)COC(=O)CNC(=O)CNC(=O)Cc2ccccc2)cc1. The lowest BCUT2D eigenvalue weighted by atomic mass is 10.1. The van der Waals surface area contributed by atoms with Crippen molar-refractivity contribution in [2.24, 2.45) is 0 Å². The molecule has 2 amide bonds. The maximum atomic E-state index is 12.0. The number of benzene rings is 2. The summed E-state index contributed by atoms with van der Waals surface area (Å²) in [5, 5.41) is 4.76. The molecular formula is C22H22N2O7. The van der Waals surface area contributed by atoms with Crippen LogP contribution >= 0.6 is 0 Å². The van der Waals surface area contributed by atoms with Gasteiger partial charge in [0.25, 0.3) is 0 Å². The van der Waals surface area contributed by atoms with Gasteiger partial charge in [0, 0.05) is 12.5 Å². The summed E-state index contributed by atoms with van der Waals surface area (Å²) in [7, 11) is 0. The van der Waals surface area contributed by atoms with Gasteiger partial charge in [-0.15, -0.1) is 0 Å². The molecule has 0 aromatic heterocycles. The largest absolute Gasteiger partial charge is 0.456 e. The Balaban J connectivity index is 1.64. The van der Waals surface area contributed by atoms with E-state index in [1.165, 1.54) is 31.2 Å². The molecule has 0 saturated carbocycles. The lowest BCUT2D eigenvalue weighted by molar-refractivity contribution is -0.142. The van der Waals surface area contributed by atoms with Crippen molar-refractivity contribution in [3.05, 3.63) is 65.7 Å². The fourth-order valence-corrected chi connectivity index (χ4v) is 2.41. The topological polar surface area (TPSA) is 128 Å². The maximum absolute atomic E-state index is 12.0.